The lowest BCUT2D eigenvalue weighted by molar-refractivity contribution is 0.111. The molecule has 3 aromatic rings. The van der Waals surface area contributed by atoms with E-state index in [1.165, 1.54) is 0 Å². The van der Waals surface area contributed by atoms with Crippen molar-refractivity contribution in [2.75, 3.05) is 0 Å². The molecule has 3 rings (SSSR count). The van der Waals surface area contributed by atoms with Gasteiger partial charge in [0.2, 0.25) is 0 Å². The Morgan fingerprint density at radius 2 is 1.39 bits per heavy atom. The summed E-state index contributed by atoms with van der Waals surface area (Å²) >= 11 is 0. The van der Waals surface area contributed by atoms with E-state index in [-0.39, 0.29) is 0 Å². The van der Waals surface area contributed by atoms with Gasteiger partial charge in [-0.05, 0) is 35.4 Å². The first-order chi connectivity index (χ1) is 11.3. The molecule has 0 unspecified atom stereocenters. The first kappa shape index (κ1) is 14.7. The molecule has 23 heavy (non-hydrogen) atoms. The monoisotopic (exact) mass is 302 g/mol. The summed E-state index contributed by atoms with van der Waals surface area (Å²) in [5, 5.41) is 0. The molecule has 0 aliphatic carbocycles. The minimum absolute atomic E-state index is 0.488. The van der Waals surface area contributed by atoms with Gasteiger partial charge >= 0.3 is 0 Å². The maximum Gasteiger partial charge on any atom is 0.153 e. The van der Waals surface area contributed by atoms with Crippen LogP contribution in [0.15, 0.2) is 72.8 Å². The Morgan fingerprint density at radius 1 is 0.696 bits per heavy atom. The van der Waals surface area contributed by atoms with Crippen molar-refractivity contribution in [3.05, 3.63) is 83.9 Å². The Bertz CT molecular complexity index is 821. The summed E-state index contributed by atoms with van der Waals surface area (Å²) in [6.45, 7) is 0. The molecule has 0 radical (unpaired) electrons. The number of carbonyl (C=O) groups excluding carboxylic acids is 2. The summed E-state index contributed by atoms with van der Waals surface area (Å²) in [7, 11) is 0. The van der Waals surface area contributed by atoms with Gasteiger partial charge in [0.25, 0.3) is 0 Å². The van der Waals surface area contributed by atoms with Crippen LogP contribution in [0.4, 0.5) is 0 Å². The third kappa shape index (κ3) is 3.35. The number of aldehydes is 2. The lowest BCUT2D eigenvalue weighted by Gasteiger charge is -2.10. The normalized spacial score (nSPS) is 10.1. The molecular weight excluding hydrogens is 288 g/mol. The fourth-order valence-electron chi connectivity index (χ4n) is 2.27. The van der Waals surface area contributed by atoms with Gasteiger partial charge in [0.1, 0.15) is 17.8 Å². The van der Waals surface area contributed by atoms with Gasteiger partial charge in [0, 0.05) is 5.56 Å². The number of rotatable bonds is 5. The number of para-hydroxylation sites is 1. The zero-order valence-electron chi connectivity index (χ0n) is 12.3. The van der Waals surface area contributed by atoms with E-state index in [1.54, 1.807) is 18.2 Å². The summed E-state index contributed by atoms with van der Waals surface area (Å²) in [6.07, 6.45) is 1.58. The predicted octanol–water partition coefficient (Wildman–Crippen LogP) is 4.77. The quantitative estimate of drug-likeness (QED) is 0.637. The van der Waals surface area contributed by atoms with Crippen LogP contribution in [-0.4, -0.2) is 12.6 Å². The molecule has 0 saturated carbocycles. The van der Waals surface area contributed by atoms with Gasteiger partial charge in [-0.3, -0.25) is 9.59 Å². The van der Waals surface area contributed by atoms with Crippen molar-refractivity contribution in [2.24, 2.45) is 0 Å². The van der Waals surface area contributed by atoms with Crippen molar-refractivity contribution in [3.63, 3.8) is 0 Å². The average Bonchev–Trinajstić information content (AvgIpc) is 2.62. The molecule has 0 N–H and O–H groups in total. The van der Waals surface area contributed by atoms with Gasteiger partial charge in [0.15, 0.2) is 6.29 Å². The van der Waals surface area contributed by atoms with E-state index in [9.17, 15) is 9.59 Å². The summed E-state index contributed by atoms with van der Waals surface area (Å²) in [5.41, 5.74) is 2.98. The minimum atomic E-state index is 0.488. The highest BCUT2D eigenvalue weighted by Gasteiger charge is 2.07. The maximum absolute atomic E-state index is 11.2. The number of ether oxygens (including phenoxy) is 1. The summed E-state index contributed by atoms with van der Waals surface area (Å²) < 4.78 is 5.82. The molecule has 112 valence electrons. The lowest BCUT2D eigenvalue weighted by atomic mass is 10.0. The van der Waals surface area contributed by atoms with Gasteiger partial charge in [-0.25, -0.2) is 0 Å². The zero-order valence-corrected chi connectivity index (χ0v) is 12.3. The first-order valence-electron chi connectivity index (χ1n) is 7.18. The molecule has 0 bridgehead atoms. The molecule has 3 nitrogen and oxygen atoms in total. The Hall–Kier alpha value is -3.20. The molecule has 0 aliphatic heterocycles. The van der Waals surface area contributed by atoms with Crippen LogP contribution >= 0.6 is 0 Å². The molecule has 3 heteroatoms. The van der Waals surface area contributed by atoms with E-state index in [4.69, 9.17) is 4.74 Å². The average molecular weight is 302 g/mol. The zero-order chi connectivity index (χ0) is 16.1. The first-order valence-corrected chi connectivity index (χ1v) is 7.18. The van der Waals surface area contributed by atoms with E-state index >= 15 is 0 Å². The van der Waals surface area contributed by atoms with E-state index in [0.29, 0.717) is 22.6 Å². The molecule has 0 atom stereocenters. The molecule has 0 saturated heterocycles. The van der Waals surface area contributed by atoms with Crippen LogP contribution < -0.4 is 4.74 Å². The second-order valence-corrected chi connectivity index (χ2v) is 5.03. The van der Waals surface area contributed by atoms with Gasteiger partial charge in [0.05, 0.1) is 5.56 Å². The number of hydrogen-bond donors (Lipinski definition) is 0. The Labute approximate surface area is 134 Å². The highest BCUT2D eigenvalue weighted by atomic mass is 16.5. The van der Waals surface area contributed by atoms with Gasteiger partial charge < -0.3 is 4.74 Å². The van der Waals surface area contributed by atoms with Crippen LogP contribution in [0.25, 0.3) is 11.1 Å². The third-order valence-electron chi connectivity index (χ3n) is 3.49. The lowest BCUT2D eigenvalue weighted by Crippen LogP contribution is -1.91. The van der Waals surface area contributed by atoms with E-state index in [1.807, 2.05) is 54.6 Å². The SMILES string of the molecule is O=Cc1ccc(-c2ccc(C=O)c(Oc3ccccc3)c2)cc1. The molecule has 0 aromatic heterocycles. The molecular formula is C20H14O3. The largest absolute Gasteiger partial charge is 0.457 e. The Morgan fingerprint density at radius 3 is 2.04 bits per heavy atom. The topological polar surface area (TPSA) is 43.4 Å². The summed E-state index contributed by atoms with van der Waals surface area (Å²) in [5.74, 6) is 1.17. The summed E-state index contributed by atoms with van der Waals surface area (Å²) in [4.78, 5) is 22.0. The molecule has 0 spiro atoms. The smallest absolute Gasteiger partial charge is 0.153 e. The highest BCUT2D eigenvalue weighted by Crippen LogP contribution is 2.30. The van der Waals surface area contributed by atoms with Crippen molar-refractivity contribution >= 4 is 12.6 Å². The van der Waals surface area contributed by atoms with Crippen LogP contribution in [0, 0.1) is 0 Å². The van der Waals surface area contributed by atoms with Crippen molar-refractivity contribution in [2.45, 2.75) is 0 Å². The Balaban J connectivity index is 1.97. The van der Waals surface area contributed by atoms with Crippen molar-refractivity contribution < 1.29 is 14.3 Å². The standard InChI is InChI=1S/C20H14O3/c21-13-15-6-8-16(9-7-15)17-10-11-18(14-22)20(12-17)23-19-4-2-1-3-5-19/h1-14H. The Kier molecular flexibility index (Phi) is 4.29. The van der Waals surface area contributed by atoms with E-state index in [2.05, 4.69) is 0 Å². The number of carbonyl (C=O) groups is 2. The fourth-order valence-corrected chi connectivity index (χ4v) is 2.27. The van der Waals surface area contributed by atoms with Crippen LogP contribution in [0.2, 0.25) is 0 Å². The van der Waals surface area contributed by atoms with Gasteiger partial charge in [-0.1, -0.05) is 48.5 Å². The van der Waals surface area contributed by atoms with Gasteiger partial charge in [-0.2, -0.15) is 0 Å². The molecule has 0 heterocycles. The molecule has 3 aromatic carbocycles. The van der Waals surface area contributed by atoms with E-state index in [0.717, 1.165) is 23.7 Å². The number of benzene rings is 3. The number of hydrogen-bond acceptors (Lipinski definition) is 3. The van der Waals surface area contributed by atoms with Crippen molar-refractivity contribution in [1.82, 2.24) is 0 Å². The predicted molar refractivity (Wildman–Crippen MR) is 89.2 cm³/mol. The van der Waals surface area contributed by atoms with Crippen LogP contribution in [0.5, 0.6) is 11.5 Å². The molecule has 0 fully saturated rings. The van der Waals surface area contributed by atoms with Crippen LogP contribution in [-0.2, 0) is 0 Å². The van der Waals surface area contributed by atoms with Gasteiger partial charge in [-0.15, -0.1) is 0 Å². The molecule has 0 aliphatic rings. The van der Waals surface area contributed by atoms with Crippen molar-refractivity contribution in [3.8, 4) is 22.6 Å². The maximum atomic E-state index is 11.2. The second kappa shape index (κ2) is 6.71. The van der Waals surface area contributed by atoms with Crippen molar-refractivity contribution in [1.29, 1.82) is 0 Å². The van der Waals surface area contributed by atoms with Crippen LogP contribution in [0.3, 0.4) is 0 Å². The third-order valence-corrected chi connectivity index (χ3v) is 3.49. The summed E-state index contributed by atoms with van der Waals surface area (Å²) in [6, 6.07) is 22.0. The van der Waals surface area contributed by atoms with Crippen LogP contribution in [0.1, 0.15) is 20.7 Å². The minimum Gasteiger partial charge on any atom is -0.457 e. The highest BCUT2D eigenvalue weighted by molar-refractivity contribution is 5.82. The fraction of sp³-hybridized carbons (Fsp3) is 0. The van der Waals surface area contributed by atoms with E-state index < -0.39 is 0 Å². The second-order valence-electron chi connectivity index (χ2n) is 5.03. The molecule has 0 amide bonds.